The van der Waals surface area contributed by atoms with Gasteiger partial charge in [0.25, 0.3) is 0 Å². The van der Waals surface area contributed by atoms with Crippen LogP contribution in [0.15, 0.2) is 15.9 Å². The molecule has 0 amide bonds. The molecule has 0 aliphatic heterocycles. The van der Waals surface area contributed by atoms with Crippen LogP contribution in [0.5, 0.6) is 0 Å². The highest BCUT2D eigenvalue weighted by Crippen LogP contribution is 2.31. The first-order valence-corrected chi connectivity index (χ1v) is 5.34. The molecular formula is C6H4BBrS2. The van der Waals surface area contributed by atoms with Gasteiger partial charge in [0.05, 0.1) is 3.79 Å². The van der Waals surface area contributed by atoms with E-state index in [1.165, 1.54) is 18.0 Å². The molecule has 0 spiro atoms. The van der Waals surface area contributed by atoms with Crippen LogP contribution in [0.25, 0.3) is 9.40 Å². The molecule has 0 nitrogen and oxygen atoms in total. The van der Waals surface area contributed by atoms with Crippen LogP contribution < -0.4 is 4.78 Å². The molecule has 0 aliphatic carbocycles. The van der Waals surface area contributed by atoms with Gasteiger partial charge in [-0.3, -0.25) is 0 Å². The topological polar surface area (TPSA) is 0 Å². The molecule has 0 N–H and O–H groups in total. The van der Waals surface area contributed by atoms with Crippen molar-refractivity contribution < 1.29 is 0 Å². The molecule has 2 rings (SSSR count). The molecule has 0 atom stereocenters. The highest BCUT2D eigenvalue weighted by Gasteiger charge is 2.01. The SMILES string of the molecule is Bc1cc2sc(Br)cc2s1. The second-order valence-corrected chi connectivity index (χ2v) is 5.89. The zero-order chi connectivity index (χ0) is 7.14. The molecule has 2 heterocycles. The second kappa shape index (κ2) is 2.36. The molecule has 50 valence electrons. The lowest BCUT2D eigenvalue weighted by Crippen LogP contribution is -1.88. The number of halogens is 1. The van der Waals surface area contributed by atoms with Crippen molar-refractivity contribution in [1.82, 2.24) is 0 Å². The maximum absolute atomic E-state index is 3.45. The van der Waals surface area contributed by atoms with Gasteiger partial charge < -0.3 is 0 Å². The molecule has 2 aromatic rings. The largest absolute Gasteiger partial charge is 0.152 e. The molecule has 0 fully saturated rings. The van der Waals surface area contributed by atoms with Crippen molar-refractivity contribution in [2.75, 3.05) is 0 Å². The molecule has 0 aliphatic rings. The van der Waals surface area contributed by atoms with Crippen LogP contribution in [-0.4, -0.2) is 7.85 Å². The Hall–Kier alpha value is 0.205. The molecule has 0 saturated carbocycles. The number of fused-ring (bicyclic) bond motifs is 1. The van der Waals surface area contributed by atoms with E-state index in [2.05, 4.69) is 35.9 Å². The molecule has 0 unspecified atom stereocenters. The summed E-state index contributed by atoms with van der Waals surface area (Å²) in [6, 6.07) is 4.41. The second-order valence-electron chi connectivity index (χ2n) is 2.14. The van der Waals surface area contributed by atoms with Gasteiger partial charge in [0.2, 0.25) is 0 Å². The summed E-state index contributed by atoms with van der Waals surface area (Å²) >= 11 is 7.11. The lowest BCUT2D eigenvalue weighted by atomic mass is 10.1. The highest BCUT2D eigenvalue weighted by molar-refractivity contribution is 9.11. The Kier molecular flexibility index (Phi) is 1.63. The van der Waals surface area contributed by atoms with Gasteiger partial charge in [0.15, 0.2) is 7.85 Å². The van der Waals surface area contributed by atoms with Crippen molar-refractivity contribution in [2.24, 2.45) is 0 Å². The number of hydrogen-bond acceptors (Lipinski definition) is 2. The van der Waals surface area contributed by atoms with Crippen molar-refractivity contribution in [3.05, 3.63) is 15.9 Å². The summed E-state index contributed by atoms with van der Waals surface area (Å²) in [5.41, 5.74) is 0. The molecule has 0 radical (unpaired) electrons. The van der Waals surface area contributed by atoms with E-state index >= 15 is 0 Å². The number of hydrogen-bond donors (Lipinski definition) is 0. The molecule has 0 aromatic carbocycles. The fourth-order valence-corrected chi connectivity index (χ4v) is 3.87. The predicted octanol–water partition coefficient (Wildman–Crippen LogP) is 1.98. The van der Waals surface area contributed by atoms with Crippen LogP contribution in [0.2, 0.25) is 0 Å². The van der Waals surface area contributed by atoms with Gasteiger partial charge in [0.1, 0.15) is 0 Å². The molecular weight excluding hydrogens is 227 g/mol. The average Bonchev–Trinajstić information content (AvgIpc) is 2.21. The van der Waals surface area contributed by atoms with Crippen LogP contribution in [0.4, 0.5) is 0 Å². The monoisotopic (exact) mass is 230 g/mol. The van der Waals surface area contributed by atoms with Crippen molar-refractivity contribution in [3.8, 4) is 0 Å². The highest BCUT2D eigenvalue weighted by atomic mass is 79.9. The van der Waals surface area contributed by atoms with E-state index in [1.54, 1.807) is 11.3 Å². The summed E-state index contributed by atoms with van der Waals surface area (Å²) in [5.74, 6) is 0. The summed E-state index contributed by atoms with van der Waals surface area (Å²) in [6.07, 6.45) is 0. The van der Waals surface area contributed by atoms with Crippen LogP contribution in [0.3, 0.4) is 0 Å². The minimum Gasteiger partial charge on any atom is -0.150 e. The Morgan fingerprint density at radius 3 is 2.60 bits per heavy atom. The Labute approximate surface area is 76.4 Å². The maximum atomic E-state index is 3.45. The molecule has 2 aromatic heterocycles. The van der Waals surface area contributed by atoms with Gasteiger partial charge >= 0.3 is 0 Å². The zero-order valence-electron chi connectivity index (χ0n) is 5.35. The van der Waals surface area contributed by atoms with Crippen molar-refractivity contribution >= 4 is 60.6 Å². The van der Waals surface area contributed by atoms with E-state index in [0.29, 0.717) is 0 Å². The fraction of sp³-hybridized carbons (Fsp3) is 0. The first-order chi connectivity index (χ1) is 4.75. The van der Waals surface area contributed by atoms with E-state index in [1.807, 2.05) is 11.3 Å². The van der Waals surface area contributed by atoms with Crippen LogP contribution in [0.1, 0.15) is 0 Å². The van der Waals surface area contributed by atoms with Crippen molar-refractivity contribution in [2.45, 2.75) is 0 Å². The summed E-state index contributed by atoms with van der Waals surface area (Å²) < 4.78 is 5.42. The lowest BCUT2D eigenvalue weighted by Gasteiger charge is -1.73. The van der Waals surface area contributed by atoms with Crippen LogP contribution in [0, 0.1) is 0 Å². The summed E-state index contributed by atoms with van der Waals surface area (Å²) in [7, 11) is 2.14. The van der Waals surface area contributed by atoms with E-state index in [9.17, 15) is 0 Å². The average molecular weight is 231 g/mol. The van der Waals surface area contributed by atoms with Gasteiger partial charge in [-0.15, -0.1) is 11.3 Å². The Balaban J connectivity index is 2.83. The summed E-state index contributed by atoms with van der Waals surface area (Å²) in [6.45, 7) is 0. The maximum Gasteiger partial charge on any atom is 0.152 e. The minimum atomic E-state index is 1.23. The summed E-state index contributed by atoms with van der Waals surface area (Å²) in [4.78, 5) is 0. The van der Waals surface area contributed by atoms with Gasteiger partial charge in [-0.05, 0) is 32.8 Å². The molecule has 0 saturated heterocycles. The smallest absolute Gasteiger partial charge is 0.150 e. The third kappa shape index (κ3) is 1.04. The van der Waals surface area contributed by atoms with Gasteiger partial charge in [-0.1, -0.05) is 0 Å². The van der Waals surface area contributed by atoms with E-state index < -0.39 is 0 Å². The first-order valence-electron chi connectivity index (χ1n) is 2.91. The summed E-state index contributed by atoms with van der Waals surface area (Å²) in [5, 5.41) is 0. The van der Waals surface area contributed by atoms with Gasteiger partial charge in [-0.25, -0.2) is 0 Å². The quantitative estimate of drug-likeness (QED) is 0.608. The van der Waals surface area contributed by atoms with Gasteiger partial charge in [-0.2, -0.15) is 11.3 Å². The predicted molar refractivity (Wildman–Crippen MR) is 55.6 cm³/mol. The first kappa shape index (κ1) is 6.89. The molecule has 10 heavy (non-hydrogen) atoms. The zero-order valence-corrected chi connectivity index (χ0v) is 8.57. The standard InChI is InChI=1S/C6H4BBrS2/c7-5-1-3-4(9-5)2-6(8)10-3/h1-2H,7H2. The number of rotatable bonds is 0. The van der Waals surface area contributed by atoms with E-state index in [-0.39, 0.29) is 0 Å². The van der Waals surface area contributed by atoms with Crippen LogP contribution in [-0.2, 0) is 0 Å². The third-order valence-electron chi connectivity index (χ3n) is 1.30. The fourth-order valence-electron chi connectivity index (χ4n) is 0.927. The Morgan fingerprint density at radius 1 is 1.20 bits per heavy atom. The van der Waals surface area contributed by atoms with Gasteiger partial charge in [0, 0.05) is 9.40 Å². The normalized spacial score (nSPS) is 10.9. The molecule has 4 heteroatoms. The van der Waals surface area contributed by atoms with E-state index in [0.717, 1.165) is 0 Å². The van der Waals surface area contributed by atoms with Crippen molar-refractivity contribution in [1.29, 1.82) is 0 Å². The third-order valence-corrected chi connectivity index (χ3v) is 4.01. The minimum absolute atomic E-state index is 1.23. The Bertz CT molecular complexity index is 300. The molecule has 0 bridgehead atoms. The Morgan fingerprint density at radius 2 is 1.90 bits per heavy atom. The van der Waals surface area contributed by atoms with Crippen molar-refractivity contribution in [3.63, 3.8) is 0 Å². The number of thiophene rings is 2. The lowest BCUT2D eigenvalue weighted by molar-refractivity contribution is 2.13. The van der Waals surface area contributed by atoms with E-state index in [4.69, 9.17) is 0 Å². The van der Waals surface area contributed by atoms with Crippen LogP contribution >= 0.6 is 38.6 Å².